The average molecular weight is 493 g/mol. The summed E-state index contributed by atoms with van der Waals surface area (Å²) in [5.41, 5.74) is 2.28. The minimum atomic E-state index is -0.415. The number of hydrogen-bond acceptors (Lipinski definition) is 7. The molecule has 4 aromatic rings. The Morgan fingerprint density at radius 3 is 2.53 bits per heavy atom. The monoisotopic (exact) mass is 492 g/mol. The van der Waals surface area contributed by atoms with Crippen molar-refractivity contribution < 1.29 is 14.3 Å². The van der Waals surface area contributed by atoms with Crippen LogP contribution in [0.15, 0.2) is 77.3 Å². The lowest BCUT2D eigenvalue weighted by molar-refractivity contribution is -0.113. The van der Waals surface area contributed by atoms with Crippen LogP contribution in [0.25, 0.3) is 0 Å². The van der Waals surface area contributed by atoms with E-state index in [0.29, 0.717) is 17.7 Å². The fraction of sp³-hybridized carbons (Fsp3) is 0.200. The summed E-state index contributed by atoms with van der Waals surface area (Å²) in [5, 5.41) is 14.4. The Bertz CT molecular complexity index is 1220. The second-order valence-corrected chi connectivity index (χ2v) is 9.42. The van der Waals surface area contributed by atoms with Gasteiger partial charge in [-0.05, 0) is 47.7 Å². The van der Waals surface area contributed by atoms with Gasteiger partial charge in [0.05, 0.1) is 18.4 Å². The Kier molecular flexibility index (Phi) is 8.11. The maximum Gasteiger partial charge on any atom is 0.337 e. The molecule has 0 fully saturated rings. The topological polar surface area (TPSA) is 86.1 Å². The van der Waals surface area contributed by atoms with Gasteiger partial charge in [0, 0.05) is 23.5 Å². The molecule has 0 spiro atoms. The number of esters is 1. The number of nitrogens with zero attached hydrogens (tertiary/aromatic N) is 3. The smallest absolute Gasteiger partial charge is 0.337 e. The first-order valence-corrected chi connectivity index (χ1v) is 12.6. The number of aryl methyl sites for hydroxylation is 1. The van der Waals surface area contributed by atoms with Gasteiger partial charge in [0.25, 0.3) is 0 Å². The van der Waals surface area contributed by atoms with Crippen molar-refractivity contribution in [1.29, 1.82) is 0 Å². The van der Waals surface area contributed by atoms with Crippen LogP contribution in [0, 0.1) is 0 Å². The number of amides is 1. The lowest BCUT2D eigenvalue weighted by Crippen LogP contribution is -2.15. The lowest BCUT2D eigenvalue weighted by atomic mass is 10.1. The summed E-state index contributed by atoms with van der Waals surface area (Å²) < 4.78 is 6.80. The van der Waals surface area contributed by atoms with Crippen molar-refractivity contribution in [1.82, 2.24) is 14.8 Å². The Morgan fingerprint density at radius 1 is 1.03 bits per heavy atom. The van der Waals surface area contributed by atoms with Gasteiger partial charge in [0.2, 0.25) is 5.91 Å². The van der Waals surface area contributed by atoms with Crippen LogP contribution in [-0.4, -0.2) is 39.5 Å². The third-order valence-electron chi connectivity index (χ3n) is 5.09. The minimum absolute atomic E-state index is 0.159. The lowest BCUT2D eigenvalue weighted by Gasteiger charge is -2.10. The summed E-state index contributed by atoms with van der Waals surface area (Å²) in [6, 6.07) is 21.0. The van der Waals surface area contributed by atoms with E-state index in [1.54, 1.807) is 35.6 Å². The SMILES string of the molecule is COC(=O)c1ccc(NC(=O)CSc2nnc(Cc3cccs3)n2CCc2ccccc2)cc1. The number of ether oxygens (including phenoxy) is 1. The molecule has 0 atom stereocenters. The largest absolute Gasteiger partial charge is 0.465 e. The molecule has 0 saturated carbocycles. The van der Waals surface area contributed by atoms with E-state index in [9.17, 15) is 9.59 Å². The number of thioether (sulfide) groups is 1. The fourth-order valence-electron chi connectivity index (χ4n) is 3.37. The van der Waals surface area contributed by atoms with Crippen molar-refractivity contribution in [3.05, 3.63) is 93.9 Å². The molecule has 1 amide bonds. The molecule has 0 unspecified atom stereocenters. The molecular weight excluding hydrogens is 468 g/mol. The molecule has 0 aliphatic carbocycles. The van der Waals surface area contributed by atoms with Gasteiger partial charge < -0.3 is 14.6 Å². The van der Waals surface area contributed by atoms with E-state index in [0.717, 1.165) is 23.9 Å². The van der Waals surface area contributed by atoms with Crippen molar-refractivity contribution in [3.8, 4) is 0 Å². The van der Waals surface area contributed by atoms with Gasteiger partial charge in [-0.3, -0.25) is 4.79 Å². The van der Waals surface area contributed by atoms with E-state index >= 15 is 0 Å². The van der Waals surface area contributed by atoms with Crippen molar-refractivity contribution in [2.24, 2.45) is 0 Å². The molecule has 0 bridgehead atoms. The quantitative estimate of drug-likeness (QED) is 0.255. The van der Waals surface area contributed by atoms with Crippen LogP contribution in [-0.2, 0) is 28.9 Å². The van der Waals surface area contributed by atoms with E-state index in [4.69, 9.17) is 4.74 Å². The summed E-state index contributed by atoms with van der Waals surface area (Å²) in [5.74, 6) is 0.510. The molecule has 0 aliphatic rings. The Hall–Kier alpha value is -3.43. The summed E-state index contributed by atoms with van der Waals surface area (Å²) in [4.78, 5) is 25.3. The predicted octanol–water partition coefficient (Wildman–Crippen LogP) is 4.69. The Labute approximate surface area is 206 Å². The van der Waals surface area contributed by atoms with E-state index < -0.39 is 5.97 Å². The zero-order chi connectivity index (χ0) is 23.8. The van der Waals surface area contributed by atoms with Crippen molar-refractivity contribution in [2.45, 2.75) is 24.5 Å². The zero-order valence-electron chi connectivity index (χ0n) is 18.6. The van der Waals surface area contributed by atoms with Gasteiger partial charge in [0.15, 0.2) is 5.16 Å². The molecule has 1 N–H and O–H groups in total. The first-order valence-electron chi connectivity index (χ1n) is 10.7. The van der Waals surface area contributed by atoms with Crippen LogP contribution in [0.4, 0.5) is 5.69 Å². The highest BCUT2D eigenvalue weighted by molar-refractivity contribution is 7.99. The standard InChI is InChI=1S/C25H24N4O3S2/c1-32-24(31)19-9-11-20(12-10-19)26-23(30)17-34-25-28-27-22(16-21-8-5-15-33-21)29(25)14-13-18-6-3-2-4-7-18/h2-12,15H,13-14,16-17H2,1H3,(H,26,30). The van der Waals surface area contributed by atoms with E-state index in [1.807, 2.05) is 24.3 Å². The number of aromatic nitrogens is 3. The highest BCUT2D eigenvalue weighted by Gasteiger charge is 2.15. The molecule has 2 aromatic carbocycles. The Balaban J connectivity index is 1.41. The number of thiophene rings is 1. The average Bonchev–Trinajstić information content (AvgIpc) is 3.52. The molecule has 2 aromatic heterocycles. The second-order valence-electron chi connectivity index (χ2n) is 7.45. The molecule has 4 rings (SSSR count). The third kappa shape index (κ3) is 6.33. The Morgan fingerprint density at radius 2 is 1.82 bits per heavy atom. The second kappa shape index (κ2) is 11.6. The van der Waals surface area contributed by atoms with Crippen LogP contribution < -0.4 is 5.32 Å². The van der Waals surface area contributed by atoms with Gasteiger partial charge in [-0.2, -0.15) is 0 Å². The van der Waals surface area contributed by atoms with E-state index in [1.165, 1.54) is 29.3 Å². The van der Waals surface area contributed by atoms with Gasteiger partial charge in [-0.1, -0.05) is 48.2 Å². The maximum absolute atomic E-state index is 12.5. The molecular formula is C25H24N4O3S2. The van der Waals surface area contributed by atoms with Crippen molar-refractivity contribution in [3.63, 3.8) is 0 Å². The zero-order valence-corrected chi connectivity index (χ0v) is 20.3. The number of carbonyl (C=O) groups excluding carboxylic acids is 2. The number of benzene rings is 2. The molecule has 0 aliphatic heterocycles. The number of nitrogens with one attached hydrogen (secondary N) is 1. The normalized spacial score (nSPS) is 10.7. The van der Waals surface area contributed by atoms with Crippen molar-refractivity contribution >= 4 is 40.7 Å². The van der Waals surface area contributed by atoms with Gasteiger partial charge >= 0.3 is 5.97 Å². The van der Waals surface area contributed by atoms with Crippen LogP contribution in [0.5, 0.6) is 0 Å². The van der Waals surface area contributed by atoms with Crippen molar-refractivity contribution in [2.75, 3.05) is 18.2 Å². The summed E-state index contributed by atoms with van der Waals surface area (Å²) >= 11 is 3.05. The van der Waals surface area contributed by atoms with E-state index in [2.05, 4.69) is 43.7 Å². The minimum Gasteiger partial charge on any atom is -0.465 e. The predicted molar refractivity (Wildman–Crippen MR) is 134 cm³/mol. The number of anilines is 1. The van der Waals surface area contributed by atoms with Crippen LogP contribution in [0.3, 0.4) is 0 Å². The third-order valence-corrected chi connectivity index (χ3v) is 6.94. The molecule has 0 saturated heterocycles. The summed E-state index contributed by atoms with van der Waals surface area (Å²) in [7, 11) is 1.33. The molecule has 2 heterocycles. The van der Waals surface area contributed by atoms with Crippen LogP contribution in [0.1, 0.15) is 26.6 Å². The molecule has 174 valence electrons. The molecule has 34 heavy (non-hydrogen) atoms. The number of carbonyl (C=O) groups is 2. The number of methoxy groups -OCH3 is 1. The van der Waals surface area contributed by atoms with Crippen LogP contribution >= 0.6 is 23.1 Å². The maximum atomic E-state index is 12.5. The number of rotatable bonds is 10. The van der Waals surface area contributed by atoms with E-state index in [-0.39, 0.29) is 11.7 Å². The summed E-state index contributed by atoms with van der Waals surface area (Å²) in [6.07, 6.45) is 1.56. The molecule has 7 nitrogen and oxygen atoms in total. The summed E-state index contributed by atoms with van der Waals surface area (Å²) in [6.45, 7) is 0.733. The number of hydrogen-bond donors (Lipinski definition) is 1. The fourth-order valence-corrected chi connectivity index (χ4v) is 4.86. The highest BCUT2D eigenvalue weighted by Crippen LogP contribution is 2.22. The first kappa shape index (κ1) is 23.7. The van der Waals surface area contributed by atoms with Gasteiger partial charge in [-0.25, -0.2) is 4.79 Å². The highest BCUT2D eigenvalue weighted by atomic mass is 32.2. The van der Waals surface area contributed by atoms with Gasteiger partial charge in [0.1, 0.15) is 5.82 Å². The molecule has 9 heteroatoms. The molecule has 0 radical (unpaired) electrons. The van der Waals surface area contributed by atoms with Crippen LogP contribution in [0.2, 0.25) is 0 Å². The first-order chi connectivity index (χ1) is 16.6. The van der Waals surface area contributed by atoms with Gasteiger partial charge in [-0.15, -0.1) is 21.5 Å².